The van der Waals surface area contributed by atoms with Gasteiger partial charge in [0, 0.05) is 6.54 Å². The Balaban J connectivity index is 1.88. The zero-order valence-electron chi connectivity index (χ0n) is 12.7. The molecule has 1 N–H and O–H groups in total. The molecule has 1 aromatic carbocycles. The second-order valence-electron chi connectivity index (χ2n) is 4.63. The van der Waals surface area contributed by atoms with Crippen LogP contribution in [0.4, 0.5) is 0 Å². The minimum Gasteiger partial charge on any atom is -0.497 e. The van der Waals surface area contributed by atoms with Crippen molar-refractivity contribution in [1.82, 2.24) is 15.0 Å². The number of carbonyl (C=O) groups is 1. The van der Waals surface area contributed by atoms with Gasteiger partial charge in [0.2, 0.25) is 0 Å². The summed E-state index contributed by atoms with van der Waals surface area (Å²) in [5, 5.41) is 16.6. The molecule has 22 heavy (non-hydrogen) atoms. The van der Waals surface area contributed by atoms with Gasteiger partial charge in [0.1, 0.15) is 11.5 Å². The molecule has 0 fully saturated rings. The summed E-state index contributed by atoms with van der Waals surface area (Å²) in [6, 6.07) is 7.32. The molecule has 2 aromatic rings. The van der Waals surface area contributed by atoms with E-state index in [1.807, 2.05) is 31.2 Å². The molecule has 1 heterocycles. The number of hydrogen-bond acceptors (Lipinski definition) is 5. The minimum atomic E-state index is -1.05. The van der Waals surface area contributed by atoms with Gasteiger partial charge in [0.05, 0.1) is 19.4 Å². The highest BCUT2D eigenvalue weighted by molar-refractivity contribution is 5.86. The Hall–Kier alpha value is -2.57. The van der Waals surface area contributed by atoms with Gasteiger partial charge in [-0.2, -0.15) is 0 Å². The molecule has 0 aliphatic heterocycles. The highest BCUT2D eigenvalue weighted by Gasteiger charge is 2.17. The van der Waals surface area contributed by atoms with Crippen LogP contribution in [-0.2, 0) is 13.0 Å². The lowest BCUT2D eigenvalue weighted by atomic mass is 10.2. The highest BCUT2D eigenvalue weighted by atomic mass is 16.5. The molecule has 0 spiro atoms. The van der Waals surface area contributed by atoms with Crippen LogP contribution in [0.1, 0.15) is 29.5 Å². The van der Waals surface area contributed by atoms with Crippen LogP contribution < -0.4 is 9.47 Å². The number of nitrogens with zero attached hydrogens (tertiary/aromatic N) is 3. The average molecular weight is 305 g/mol. The Morgan fingerprint density at radius 2 is 1.95 bits per heavy atom. The van der Waals surface area contributed by atoms with E-state index < -0.39 is 5.97 Å². The summed E-state index contributed by atoms with van der Waals surface area (Å²) in [5.41, 5.74) is 0.652. The van der Waals surface area contributed by atoms with Gasteiger partial charge in [-0.25, -0.2) is 9.48 Å². The van der Waals surface area contributed by atoms with E-state index in [9.17, 15) is 4.79 Å². The lowest BCUT2D eigenvalue weighted by Gasteiger charge is -2.08. The smallest absolute Gasteiger partial charge is 0.358 e. The van der Waals surface area contributed by atoms with Gasteiger partial charge in [-0.1, -0.05) is 5.21 Å². The zero-order chi connectivity index (χ0) is 15.9. The molecule has 0 saturated carbocycles. The Kier molecular flexibility index (Phi) is 5.35. The molecule has 0 bridgehead atoms. The van der Waals surface area contributed by atoms with Crippen molar-refractivity contribution >= 4 is 5.97 Å². The van der Waals surface area contributed by atoms with Crippen molar-refractivity contribution in [2.45, 2.75) is 26.3 Å². The lowest BCUT2D eigenvalue weighted by Crippen LogP contribution is -2.09. The van der Waals surface area contributed by atoms with Gasteiger partial charge in [-0.15, -0.1) is 5.10 Å². The van der Waals surface area contributed by atoms with E-state index >= 15 is 0 Å². The summed E-state index contributed by atoms with van der Waals surface area (Å²) >= 11 is 0. The van der Waals surface area contributed by atoms with Crippen LogP contribution in [0.3, 0.4) is 0 Å². The topological polar surface area (TPSA) is 86.5 Å². The van der Waals surface area contributed by atoms with Crippen molar-refractivity contribution in [1.29, 1.82) is 0 Å². The second kappa shape index (κ2) is 7.44. The van der Waals surface area contributed by atoms with Crippen LogP contribution in [0.25, 0.3) is 0 Å². The fraction of sp³-hybridized carbons (Fsp3) is 0.400. The number of aryl methyl sites for hydroxylation is 1. The molecule has 7 nitrogen and oxygen atoms in total. The number of methoxy groups -OCH3 is 1. The summed E-state index contributed by atoms with van der Waals surface area (Å²) < 4.78 is 12.3. The number of hydrogen-bond donors (Lipinski definition) is 1. The van der Waals surface area contributed by atoms with E-state index in [4.69, 9.17) is 14.6 Å². The molecule has 0 amide bonds. The molecule has 0 aliphatic carbocycles. The largest absolute Gasteiger partial charge is 0.497 e. The summed E-state index contributed by atoms with van der Waals surface area (Å²) in [6.45, 7) is 2.98. The normalized spacial score (nSPS) is 10.5. The molecular weight excluding hydrogens is 286 g/mol. The molecule has 0 radical (unpaired) electrons. The first-order chi connectivity index (χ1) is 10.7. The van der Waals surface area contributed by atoms with Crippen LogP contribution in [0.15, 0.2) is 24.3 Å². The summed E-state index contributed by atoms with van der Waals surface area (Å²) in [6.07, 6.45) is 1.23. The van der Waals surface area contributed by atoms with E-state index in [2.05, 4.69) is 10.3 Å². The predicted octanol–water partition coefficient (Wildman–Crippen LogP) is 2.02. The van der Waals surface area contributed by atoms with Crippen LogP contribution in [0, 0.1) is 0 Å². The third-order valence-electron chi connectivity index (χ3n) is 3.23. The van der Waals surface area contributed by atoms with Crippen molar-refractivity contribution < 1.29 is 19.4 Å². The second-order valence-corrected chi connectivity index (χ2v) is 4.63. The zero-order valence-corrected chi connectivity index (χ0v) is 12.7. The first-order valence-electron chi connectivity index (χ1n) is 7.08. The quantitative estimate of drug-likeness (QED) is 0.751. The Morgan fingerprint density at radius 3 is 2.55 bits per heavy atom. The maximum Gasteiger partial charge on any atom is 0.358 e. The maximum atomic E-state index is 11.1. The molecule has 0 saturated heterocycles. The van der Waals surface area contributed by atoms with Gasteiger partial charge in [-0.05, 0) is 44.0 Å². The molecule has 118 valence electrons. The Morgan fingerprint density at radius 1 is 1.27 bits per heavy atom. The standard InChI is InChI=1S/C15H19N3O4/c1-3-18-13(14(15(19)20)16-17-18)5-4-10-22-12-8-6-11(21-2)7-9-12/h6-9H,3-5,10H2,1-2H3,(H,19,20). The Labute approximate surface area is 128 Å². The number of carboxylic acids is 1. The van der Waals surface area contributed by atoms with Gasteiger partial charge < -0.3 is 14.6 Å². The Bertz CT molecular complexity index is 622. The fourth-order valence-corrected chi connectivity index (χ4v) is 2.10. The van der Waals surface area contributed by atoms with Crippen molar-refractivity contribution in [3.63, 3.8) is 0 Å². The summed E-state index contributed by atoms with van der Waals surface area (Å²) in [5.74, 6) is 0.475. The van der Waals surface area contributed by atoms with Crippen LogP contribution in [0.2, 0.25) is 0 Å². The third-order valence-corrected chi connectivity index (χ3v) is 3.23. The lowest BCUT2D eigenvalue weighted by molar-refractivity contribution is 0.0689. The van der Waals surface area contributed by atoms with Gasteiger partial charge in [0.25, 0.3) is 0 Å². The number of rotatable bonds is 8. The van der Waals surface area contributed by atoms with Crippen LogP contribution >= 0.6 is 0 Å². The van der Waals surface area contributed by atoms with E-state index in [1.165, 1.54) is 0 Å². The predicted molar refractivity (Wildman–Crippen MR) is 79.5 cm³/mol. The molecule has 0 atom stereocenters. The van der Waals surface area contributed by atoms with Gasteiger partial charge in [0.15, 0.2) is 5.69 Å². The molecule has 0 unspecified atom stereocenters. The minimum absolute atomic E-state index is 0.0197. The number of carboxylic acid groups (broad SMARTS) is 1. The van der Waals surface area contributed by atoms with Crippen molar-refractivity contribution in [3.05, 3.63) is 35.7 Å². The SMILES string of the molecule is CCn1nnc(C(=O)O)c1CCCOc1ccc(OC)cc1. The third kappa shape index (κ3) is 3.75. The molecule has 0 aliphatic rings. The molecule has 2 rings (SSSR count). The number of aromatic nitrogens is 3. The molecular formula is C15H19N3O4. The first kappa shape index (κ1) is 15.8. The monoisotopic (exact) mass is 305 g/mol. The van der Waals surface area contributed by atoms with Gasteiger partial charge in [-0.3, -0.25) is 0 Å². The number of benzene rings is 1. The van der Waals surface area contributed by atoms with Crippen molar-refractivity contribution in [3.8, 4) is 11.5 Å². The van der Waals surface area contributed by atoms with E-state index in [0.717, 1.165) is 11.5 Å². The molecule has 7 heteroatoms. The maximum absolute atomic E-state index is 11.1. The van der Waals surface area contributed by atoms with Crippen LogP contribution in [0.5, 0.6) is 11.5 Å². The first-order valence-corrected chi connectivity index (χ1v) is 7.08. The number of aromatic carboxylic acids is 1. The summed E-state index contributed by atoms with van der Waals surface area (Å²) in [4.78, 5) is 11.1. The van der Waals surface area contributed by atoms with Crippen molar-refractivity contribution in [2.24, 2.45) is 0 Å². The van der Waals surface area contributed by atoms with E-state index in [0.29, 0.717) is 31.7 Å². The van der Waals surface area contributed by atoms with E-state index in [1.54, 1.807) is 11.8 Å². The fourth-order valence-electron chi connectivity index (χ4n) is 2.10. The highest BCUT2D eigenvalue weighted by Crippen LogP contribution is 2.17. The summed E-state index contributed by atoms with van der Waals surface area (Å²) in [7, 11) is 1.61. The number of ether oxygens (including phenoxy) is 2. The van der Waals surface area contributed by atoms with E-state index in [-0.39, 0.29) is 5.69 Å². The van der Waals surface area contributed by atoms with Crippen molar-refractivity contribution in [2.75, 3.05) is 13.7 Å². The average Bonchev–Trinajstić information content (AvgIpc) is 2.95. The van der Waals surface area contributed by atoms with Gasteiger partial charge >= 0.3 is 5.97 Å². The van der Waals surface area contributed by atoms with Crippen LogP contribution in [-0.4, -0.2) is 39.8 Å². The molecule has 1 aromatic heterocycles.